The van der Waals surface area contributed by atoms with Crippen LogP contribution in [0.15, 0.2) is 60.7 Å². The summed E-state index contributed by atoms with van der Waals surface area (Å²) in [5.74, 6) is 2.74. The molecule has 1 saturated carbocycles. The van der Waals surface area contributed by atoms with E-state index in [0.29, 0.717) is 51.8 Å². The van der Waals surface area contributed by atoms with Gasteiger partial charge >= 0.3 is 6.01 Å². The van der Waals surface area contributed by atoms with Crippen LogP contribution in [-0.2, 0) is 13.0 Å². The molecule has 1 aliphatic carbocycles. The number of anilines is 1. The van der Waals surface area contributed by atoms with Crippen LogP contribution in [-0.4, -0.2) is 64.8 Å². The fraction of sp³-hybridized carbons (Fsp3) is 0.350. The Morgan fingerprint density at radius 2 is 1.84 bits per heavy atom. The van der Waals surface area contributed by atoms with Crippen LogP contribution in [0.4, 0.5) is 10.2 Å². The molecule has 2 atom stereocenters. The highest BCUT2D eigenvalue weighted by Gasteiger charge is 2.45. The maximum atomic E-state index is 17.1. The minimum atomic E-state index is -0.596. The molecule has 9 rings (SSSR count). The lowest BCUT2D eigenvalue weighted by Gasteiger charge is -2.34. The fourth-order valence-electron chi connectivity index (χ4n) is 8.32. The van der Waals surface area contributed by atoms with Gasteiger partial charge in [-0.3, -0.25) is 4.90 Å². The summed E-state index contributed by atoms with van der Waals surface area (Å²) < 4.78 is 23.6. The van der Waals surface area contributed by atoms with E-state index in [2.05, 4.69) is 45.3 Å². The van der Waals surface area contributed by atoms with Crippen molar-refractivity contribution < 1.29 is 14.2 Å². The first-order valence-electron chi connectivity index (χ1n) is 17.2. The number of fused-ring (bicyclic) bond motifs is 5. The Morgan fingerprint density at radius 3 is 2.61 bits per heavy atom. The topological polar surface area (TPSA) is 73.8 Å². The lowest BCUT2D eigenvalue weighted by atomic mass is 9.93. The standard InChI is InChI=1S/C40H37ClFN5O2/c1-2-24-8-5-9-26-16-30(48)17-31(34(24)26)35-33(41)18-32-37(36(35)42)44-39(45-38(32)47-20-28-10-11-29(21-47)43-28)49-23-40(13-14-40)22-46-15-12-25-6-3-4-7-27(25)19-46/h1,3-9,16-18,28-29,43,48H,10-15,19-23H2. The molecule has 2 bridgehead atoms. The lowest BCUT2D eigenvalue weighted by molar-refractivity contribution is 0.145. The second kappa shape index (κ2) is 11.9. The molecule has 5 aromatic rings. The molecule has 0 radical (unpaired) electrons. The summed E-state index contributed by atoms with van der Waals surface area (Å²) in [5.41, 5.74) is 4.13. The predicted octanol–water partition coefficient (Wildman–Crippen LogP) is 7.09. The van der Waals surface area contributed by atoms with Gasteiger partial charge in [0.05, 0.1) is 11.6 Å². The molecular weight excluding hydrogens is 637 g/mol. The van der Waals surface area contributed by atoms with Gasteiger partial charge in [-0.15, -0.1) is 6.42 Å². The molecule has 7 nitrogen and oxygen atoms in total. The number of nitrogens with zero attached hydrogens (tertiary/aromatic N) is 4. The second-order valence-electron chi connectivity index (χ2n) is 14.4. The maximum absolute atomic E-state index is 17.1. The smallest absolute Gasteiger partial charge is 0.319 e. The largest absolute Gasteiger partial charge is 0.508 e. The van der Waals surface area contributed by atoms with E-state index in [4.69, 9.17) is 32.7 Å². The van der Waals surface area contributed by atoms with E-state index in [1.807, 2.05) is 12.1 Å². The van der Waals surface area contributed by atoms with Gasteiger partial charge in [0.25, 0.3) is 0 Å². The van der Waals surface area contributed by atoms with Crippen LogP contribution in [0.1, 0.15) is 42.4 Å². The zero-order valence-electron chi connectivity index (χ0n) is 27.2. The number of phenolic OH excluding ortho intramolecular Hbond substituents is 1. The quantitative estimate of drug-likeness (QED) is 0.179. The van der Waals surface area contributed by atoms with E-state index in [1.54, 1.807) is 18.2 Å². The zero-order chi connectivity index (χ0) is 33.3. The summed E-state index contributed by atoms with van der Waals surface area (Å²) in [6.07, 6.45) is 11.3. The molecule has 2 saturated heterocycles. The molecule has 3 aliphatic heterocycles. The van der Waals surface area contributed by atoms with Gasteiger partial charge in [-0.1, -0.05) is 53.9 Å². The van der Waals surface area contributed by atoms with Crippen LogP contribution >= 0.6 is 11.6 Å². The van der Waals surface area contributed by atoms with Crippen LogP contribution < -0.4 is 15.0 Å². The average molecular weight is 674 g/mol. The van der Waals surface area contributed by atoms with Crippen molar-refractivity contribution in [1.82, 2.24) is 20.2 Å². The number of nitrogens with one attached hydrogen (secondary N) is 1. The van der Waals surface area contributed by atoms with Crippen molar-refractivity contribution in [2.24, 2.45) is 5.41 Å². The van der Waals surface area contributed by atoms with Gasteiger partial charge < -0.3 is 20.1 Å². The number of piperazine rings is 1. The van der Waals surface area contributed by atoms with Crippen molar-refractivity contribution in [3.63, 3.8) is 0 Å². The highest BCUT2D eigenvalue weighted by atomic mass is 35.5. The predicted molar refractivity (Wildman–Crippen MR) is 192 cm³/mol. The first-order chi connectivity index (χ1) is 23.9. The number of benzene rings is 4. The fourth-order valence-corrected chi connectivity index (χ4v) is 8.61. The molecule has 9 heteroatoms. The van der Waals surface area contributed by atoms with Crippen molar-refractivity contribution in [2.45, 2.75) is 50.7 Å². The highest BCUT2D eigenvalue weighted by Crippen LogP contribution is 2.48. The van der Waals surface area contributed by atoms with Crippen LogP contribution in [0.5, 0.6) is 11.8 Å². The molecule has 0 spiro atoms. The Morgan fingerprint density at radius 1 is 1.04 bits per heavy atom. The Kier molecular flexibility index (Phi) is 7.42. The SMILES string of the molecule is C#Cc1cccc2cc(O)cc(-c3c(Cl)cc4c(N5CC6CCC(C5)N6)nc(OCC5(CN6CCc7ccccc7C6)CC5)nc4c3F)c12. The number of ether oxygens (including phenoxy) is 1. The van der Waals surface area contributed by atoms with Gasteiger partial charge in [0.1, 0.15) is 17.1 Å². The van der Waals surface area contributed by atoms with E-state index in [9.17, 15) is 5.11 Å². The van der Waals surface area contributed by atoms with Gasteiger partial charge in [-0.05, 0) is 78.4 Å². The summed E-state index contributed by atoms with van der Waals surface area (Å²) in [5, 5.41) is 16.4. The molecule has 4 aliphatic rings. The zero-order valence-corrected chi connectivity index (χ0v) is 27.9. The van der Waals surface area contributed by atoms with Crippen molar-refractivity contribution in [2.75, 3.05) is 37.7 Å². The average Bonchev–Trinajstić information content (AvgIpc) is 3.79. The Balaban J connectivity index is 1.10. The molecule has 0 amide bonds. The Labute approximate surface area is 290 Å². The van der Waals surface area contributed by atoms with Crippen molar-refractivity contribution in [3.05, 3.63) is 88.2 Å². The monoisotopic (exact) mass is 673 g/mol. The molecule has 1 aromatic heterocycles. The van der Waals surface area contributed by atoms with E-state index in [1.165, 1.54) is 17.2 Å². The molecule has 4 aromatic carbocycles. The van der Waals surface area contributed by atoms with E-state index < -0.39 is 5.82 Å². The number of aromatic nitrogens is 2. The van der Waals surface area contributed by atoms with Gasteiger partial charge in [0, 0.05) is 72.1 Å². The van der Waals surface area contributed by atoms with Gasteiger partial charge in [-0.2, -0.15) is 9.97 Å². The summed E-state index contributed by atoms with van der Waals surface area (Å²) in [4.78, 5) is 14.5. The molecule has 4 heterocycles. The molecule has 49 heavy (non-hydrogen) atoms. The summed E-state index contributed by atoms with van der Waals surface area (Å²) in [6, 6.07) is 19.9. The van der Waals surface area contributed by atoms with Gasteiger partial charge in [0.15, 0.2) is 5.82 Å². The molecular formula is C40H37ClFN5O2. The van der Waals surface area contributed by atoms with Crippen LogP contribution in [0.3, 0.4) is 0 Å². The van der Waals surface area contributed by atoms with Crippen LogP contribution in [0.25, 0.3) is 32.8 Å². The number of terminal acetylenes is 1. The van der Waals surface area contributed by atoms with Gasteiger partial charge in [-0.25, -0.2) is 4.39 Å². The number of rotatable bonds is 7. The summed E-state index contributed by atoms with van der Waals surface area (Å²) >= 11 is 6.97. The van der Waals surface area contributed by atoms with Crippen molar-refractivity contribution in [1.29, 1.82) is 0 Å². The molecule has 2 unspecified atom stereocenters. The highest BCUT2D eigenvalue weighted by molar-refractivity contribution is 6.35. The lowest BCUT2D eigenvalue weighted by Crippen LogP contribution is -2.51. The normalized spacial score (nSPS) is 21.1. The summed E-state index contributed by atoms with van der Waals surface area (Å²) in [6.45, 7) is 4.89. The molecule has 3 fully saturated rings. The second-order valence-corrected chi connectivity index (χ2v) is 14.8. The maximum Gasteiger partial charge on any atom is 0.319 e. The number of phenols is 1. The molecule has 2 N–H and O–H groups in total. The summed E-state index contributed by atoms with van der Waals surface area (Å²) in [7, 11) is 0. The van der Waals surface area contributed by atoms with E-state index >= 15 is 4.39 Å². The minimum Gasteiger partial charge on any atom is -0.508 e. The van der Waals surface area contributed by atoms with E-state index in [0.717, 1.165) is 64.8 Å². The third-order valence-corrected chi connectivity index (χ3v) is 11.3. The first-order valence-corrected chi connectivity index (χ1v) is 17.6. The third kappa shape index (κ3) is 5.54. The Hall–Kier alpha value is -4.42. The van der Waals surface area contributed by atoms with Crippen molar-refractivity contribution in [3.8, 4) is 35.2 Å². The van der Waals surface area contributed by atoms with E-state index in [-0.39, 0.29) is 33.3 Å². The molecule has 248 valence electrons. The number of hydrogen-bond acceptors (Lipinski definition) is 7. The Bertz CT molecular complexity index is 2170. The number of halogens is 2. The van der Waals surface area contributed by atoms with Gasteiger partial charge in [0.2, 0.25) is 0 Å². The third-order valence-electron chi connectivity index (χ3n) is 11.0. The minimum absolute atomic E-state index is 0.0112. The van der Waals surface area contributed by atoms with Crippen LogP contribution in [0, 0.1) is 23.6 Å². The number of aromatic hydroxyl groups is 1. The van der Waals surface area contributed by atoms with Crippen molar-refractivity contribution >= 4 is 39.1 Å². The first kappa shape index (κ1) is 30.6. The van der Waals surface area contributed by atoms with Crippen LogP contribution in [0.2, 0.25) is 5.02 Å². The number of hydrogen-bond donors (Lipinski definition) is 2.